The van der Waals surface area contributed by atoms with Gasteiger partial charge in [0.05, 0.1) is 15.1 Å². The van der Waals surface area contributed by atoms with Crippen molar-refractivity contribution in [2.75, 3.05) is 58.4 Å². The zero-order valence-corrected chi connectivity index (χ0v) is 24.8. The summed E-state index contributed by atoms with van der Waals surface area (Å²) in [6, 6.07) is 10.0. The number of fused-ring (bicyclic) bond motifs is 2. The van der Waals surface area contributed by atoms with E-state index in [9.17, 15) is 13.2 Å². The second kappa shape index (κ2) is 13.1. The van der Waals surface area contributed by atoms with Crippen LogP contribution in [0.2, 0.25) is 0 Å². The minimum atomic E-state index is -3.64. The lowest BCUT2D eigenvalue weighted by atomic mass is 10.2. The highest BCUT2D eigenvalue weighted by atomic mass is 32.2. The molecule has 0 spiro atoms. The van der Waals surface area contributed by atoms with E-state index >= 15 is 0 Å². The van der Waals surface area contributed by atoms with Crippen molar-refractivity contribution in [3.05, 3.63) is 42.0 Å². The molecule has 2 aromatic carbocycles. The van der Waals surface area contributed by atoms with Gasteiger partial charge in [-0.3, -0.25) is 9.69 Å². The van der Waals surface area contributed by atoms with Crippen LogP contribution in [0.15, 0.2) is 41.3 Å². The topological polar surface area (TPSA) is 92.3 Å². The van der Waals surface area contributed by atoms with Crippen LogP contribution < -0.4 is 14.4 Å². The first-order valence-electron chi connectivity index (χ1n) is 13.5. The van der Waals surface area contributed by atoms with Gasteiger partial charge in [-0.25, -0.2) is 13.4 Å². The van der Waals surface area contributed by atoms with E-state index in [0.717, 1.165) is 35.9 Å². The molecule has 39 heavy (non-hydrogen) atoms. The van der Waals surface area contributed by atoms with Crippen LogP contribution in [0.1, 0.15) is 49.9 Å². The van der Waals surface area contributed by atoms with Gasteiger partial charge < -0.3 is 14.4 Å². The molecular formula is C28H38N4O5S2. The van der Waals surface area contributed by atoms with Crippen molar-refractivity contribution >= 4 is 42.6 Å². The van der Waals surface area contributed by atoms with Crippen molar-refractivity contribution < 1.29 is 22.7 Å². The highest BCUT2D eigenvalue weighted by Gasteiger charge is 2.26. The maximum atomic E-state index is 13.7. The largest absolute Gasteiger partial charge is 0.486 e. The number of anilines is 1. The Balaban J connectivity index is 1.61. The van der Waals surface area contributed by atoms with Crippen molar-refractivity contribution in [2.24, 2.45) is 0 Å². The van der Waals surface area contributed by atoms with E-state index in [4.69, 9.17) is 14.5 Å². The molecule has 0 saturated carbocycles. The van der Waals surface area contributed by atoms with E-state index in [-0.39, 0.29) is 10.8 Å². The first kappa shape index (κ1) is 29.3. The van der Waals surface area contributed by atoms with Gasteiger partial charge in [-0.15, -0.1) is 0 Å². The molecule has 0 saturated heterocycles. The zero-order chi connectivity index (χ0) is 28.0. The summed E-state index contributed by atoms with van der Waals surface area (Å²) in [4.78, 5) is 22.3. The van der Waals surface area contributed by atoms with Crippen LogP contribution in [-0.4, -0.2) is 82.0 Å². The van der Waals surface area contributed by atoms with E-state index in [1.807, 2.05) is 45.0 Å². The number of unbranched alkanes of at least 4 members (excludes halogenated alkanes) is 2. The average molecular weight is 575 g/mol. The lowest BCUT2D eigenvalue weighted by molar-refractivity contribution is 0.0985. The Bertz CT molecular complexity index is 1320. The molecule has 0 bridgehead atoms. The summed E-state index contributed by atoms with van der Waals surface area (Å²) in [6.45, 7) is 7.15. The Morgan fingerprint density at radius 1 is 0.923 bits per heavy atom. The fourth-order valence-electron chi connectivity index (χ4n) is 4.25. The lowest BCUT2D eigenvalue weighted by Crippen LogP contribution is -2.37. The molecule has 1 aliphatic heterocycles. The van der Waals surface area contributed by atoms with Crippen molar-refractivity contribution in [1.29, 1.82) is 0 Å². The summed E-state index contributed by atoms with van der Waals surface area (Å²) in [6.07, 6.45) is 3.46. The fraction of sp³-hybridized carbons (Fsp3) is 0.500. The number of thiazole rings is 1. The number of ether oxygens (including phenoxy) is 2. The first-order valence-corrected chi connectivity index (χ1v) is 15.8. The van der Waals surface area contributed by atoms with Crippen LogP contribution in [0.3, 0.4) is 0 Å². The van der Waals surface area contributed by atoms with Crippen molar-refractivity contribution in [3.8, 4) is 11.5 Å². The molecular weight excluding hydrogens is 536 g/mol. The zero-order valence-electron chi connectivity index (χ0n) is 23.2. The van der Waals surface area contributed by atoms with E-state index in [1.54, 1.807) is 33.5 Å². The number of sulfonamides is 1. The number of carbonyl (C=O) groups is 1. The molecule has 0 unspecified atom stereocenters. The smallest absolute Gasteiger partial charge is 0.260 e. The monoisotopic (exact) mass is 574 g/mol. The van der Waals surface area contributed by atoms with Gasteiger partial charge in [0.1, 0.15) is 13.2 Å². The maximum Gasteiger partial charge on any atom is 0.260 e. The molecule has 11 heteroatoms. The van der Waals surface area contributed by atoms with Gasteiger partial charge in [0, 0.05) is 43.9 Å². The van der Waals surface area contributed by atoms with Gasteiger partial charge in [0.2, 0.25) is 10.0 Å². The molecule has 9 nitrogen and oxygen atoms in total. The van der Waals surface area contributed by atoms with Gasteiger partial charge in [0.15, 0.2) is 16.6 Å². The van der Waals surface area contributed by atoms with Gasteiger partial charge >= 0.3 is 0 Å². The molecule has 3 aromatic rings. The number of aromatic nitrogens is 1. The van der Waals surface area contributed by atoms with Gasteiger partial charge in [-0.1, -0.05) is 38.0 Å². The lowest BCUT2D eigenvalue weighted by Gasteiger charge is -2.23. The number of benzene rings is 2. The number of likely N-dealkylation sites (N-methyl/N-ethyl adjacent to an activating group) is 1. The Morgan fingerprint density at radius 2 is 1.54 bits per heavy atom. The molecule has 0 atom stereocenters. The van der Waals surface area contributed by atoms with Gasteiger partial charge in [0.25, 0.3) is 5.91 Å². The number of rotatable bonds is 13. The number of nitrogens with zero attached hydrogens (tertiary/aromatic N) is 4. The molecule has 0 fully saturated rings. The third kappa shape index (κ3) is 6.89. The molecule has 1 amide bonds. The van der Waals surface area contributed by atoms with E-state index < -0.39 is 10.0 Å². The average Bonchev–Trinajstić information content (AvgIpc) is 3.33. The van der Waals surface area contributed by atoms with Crippen LogP contribution in [0.5, 0.6) is 11.5 Å². The maximum absolute atomic E-state index is 13.7. The molecule has 4 rings (SSSR count). The van der Waals surface area contributed by atoms with Crippen molar-refractivity contribution in [3.63, 3.8) is 0 Å². The molecule has 0 N–H and O–H groups in total. The SMILES string of the molecule is CCCCN(CCCC)S(=O)(=O)c1ccc(C(=O)N(CCN(C)C)c2nc3cc4c(cc3s2)OCCO4)cc1. The normalized spacial score (nSPS) is 13.4. The minimum Gasteiger partial charge on any atom is -0.486 e. The molecule has 212 valence electrons. The summed E-state index contributed by atoms with van der Waals surface area (Å²) >= 11 is 1.42. The Hall–Kier alpha value is -2.73. The third-order valence-corrected chi connectivity index (χ3v) is 9.50. The third-order valence-electron chi connectivity index (χ3n) is 6.55. The van der Waals surface area contributed by atoms with Crippen LogP contribution in [0, 0.1) is 0 Å². The Morgan fingerprint density at radius 3 is 2.13 bits per heavy atom. The summed E-state index contributed by atoms with van der Waals surface area (Å²) < 4.78 is 40.6. The molecule has 1 aromatic heterocycles. The van der Waals surface area contributed by atoms with E-state index in [0.29, 0.717) is 61.6 Å². The van der Waals surface area contributed by atoms with Crippen molar-refractivity contribution in [2.45, 2.75) is 44.4 Å². The summed E-state index contributed by atoms with van der Waals surface area (Å²) in [7, 11) is 0.262. The predicted octanol–water partition coefficient (Wildman–Crippen LogP) is 4.87. The number of amides is 1. The number of hydrogen-bond donors (Lipinski definition) is 0. The number of hydrogen-bond acceptors (Lipinski definition) is 8. The molecule has 1 aliphatic rings. The van der Waals surface area contributed by atoms with Gasteiger partial charge in [-0.05, 0) is 51.2 Å². The highest BCUT2D eigenvalue weighted by Crippen LogP contribution is 2.39. The molecule has 0 radical (unpaired) electrons. The highest BCUT2D eigenvalue weighted by molar-refractivity contribution is 7.89. The summed E-state index contributed by atoms with van der Waals surface area (Å²) in [5.74, 6) is 1.10. The number of carbonyl (C=O) groups excluding carboxylic acids is 1. The van der Waals surface area contributed by atoms with E-state index in [1.165, 1.54) is 11.3 Å². The molecule has 0 aliphatic carbocycles. The van der Waals surface area contributed by atoms with Crippen LogP contribution >= 0.6 is 11.3 Å². The predicted molar refractivity (Wildman–Crippen MR) is 156 cm³/mol. The second-order valence-electron chi connectivity index (χ2n) is 9.86. The van der Waals surface area contributed by atoms with Crippen LogP contribution in [-0.2, 0) is 10.0 Å². The van der Waals surface area contributed by atoms with E-state index in [2.05, 4.69) is 0 Å². The summed E-state index contributed by atoms with van der Waals surface area (Å²) in [5.41, 5.74) is 1.15. The summed E-state index contributed by atoms with van der Waals surface area (Å²) in [5, 5.41) is 0.571. The Labute approximate surface area is 235 Å². The standard InChI is InChI=1S/C28H38N4O5S2/c1-5-7-13-31(14-8-6-2)39(34,35)22-11-9-21(10-12-22)27(33)32(16-15-30(3)4)28-29-23-19-24-25(20-26(23)38-28)37-18-17-36-24/h9-12,19-20H,5-8,13-18H2,1-4H3. The van der Waals surface area contributed by atoms with Crippen LogP contribution in [0.4, 0.5) is 5.13 Å². The van der Waals surface area contributed by atoms with Crippen LogP contribution in [0.25, 0.3) is 10.2 Å². The fourth-order valence-corrected chi connectivity index (χ4v) is 6.76. The van der Waals surface area contributed by atoms with Gasteiger partial charge in [-0.2, -0.15) is 4.31 Å². The quantitative estimate of drug-likeness (QED) is 0.288. The minimum absolute atomic E-state index is 0.205. The second-order valence-corrected chi connectivity index (χ2v) is 12.8. The first-order chi connectivity index (χ1) is 18.7. The van der Waals surface area contributed by atoms with Crippen molar-refractivity contribution in [1.82, 2.24) is 14.2 Å². The molecule has 2 heterocycles. The Kier molecular flexibility index (Phi) is 9.81.